The van der Waals surface area contributed by atoms with E-state index in [0.29, 0.717) is 4.90 Å². The quantitative estimate of drug-likeness (QED) is 0.296. The molecule has 8 heteroatoms. The maximum Gasteiger partial charge on any atom is 0.418 e. The van der Waals surface area contributed by atoms with Crippen LogP contribution in [0.15, 0.2) is 28.1 Å². The minimum atomic E-state index is -4.49. The molecule has 3 nitrogen and oxygen atoms in total. The van der Waals surface area contributed by atoms with Gasteiger partial charge in [0.25, 0.3) is 0 Å². The van der Waals surface area contributed by atoms with Crippen LogP contribution in [-0.2, 0) is 6.18 Å². The maximum absolute atomic E-state index is 12.9. The summed E-state index contributed by atoms with van der Waals surface area (Å²) in [6, 6.07) is 3.90. The third kappa shape index (κ3) is 4.36. The number of nitriles is 1. The van der Waals surface area contributed by atoms with Crippen molar-refractivity contribution in [2.45, 2.75) is 11.1 Å². The van der Waals surface area contributed by atoms with Crippen molar-refractivity contribution in [2.75, 3.05) is 12.5 Å². The number of rotatable bonds is 2. The number of aliphatic imine (C=N–C) groups is 1. The molecule has 1 aromatic carbocycles. The summed E-state index contributed by atoms with van der Waals surface area (Å²) >= 11 is 2.28. The summed E-state index contributed by atoms with van der Waals surface area (Å²) in [6.07, 6.45) is 0.463. The van der Waals surface area contributed by atoms with Crippen molar-refractivity contribution < 1.29 is 13.2 Å². The average Bonchev–Trinajstić information content (AvgIpc) is 2.37. The van der Waals surface area contributed by atoms with Crippen LogP contribution in [-0.4, -0.2) is 17.7 Å². The molecule has 19 heavy (non-hydrogen) atoms. The van der Waals surface area contributed by atoms with Gasteiger partial charge in [-0.1, -0.05) is 11.8 Å². The summed E-state index contributed by atoms with van der Waals surface area (Å²) in [5.74, 6) is 0. The van der Waals surface area contributed by atoms with Gasteiger partial charge in [0.15, 0.2) is 11.4 Å². The van der Waals surface area contributed by atoms with E-state index in [1.807, 2.05) is 0 Å². The molecule has 0 fully saturated rings. The maximum atomic E-state index is 12.9. The number of hydrogen-bond donors (Lipinski definition) is 1. The molecule has 1 rings (SSSR count). The van der Waals surface area contributed by atoms with E-state index in [0.717, 1.165) is 17.8 Å². The lowest BCUT2D eigenvalue weighted by molar-refractivity contribution is -0.137. The fourth-order valence-electron chi connectivity index (χ4n) is 1.25. The average molecular weight is 305 g/mol. The normalized spacial score (nSPS) is 12.1. The number of nitrogens with one attached hydrogen (secondary N) is 1. The highest BCUT2D eigenvalue weighted by Gasteiger charge is 2.34. The second kappa shape index (κ2) is 6.73. The van der Waals surface area contributed by atoms with Gasteiger partial charge in [-0.3, -0.25) is 5.32 Å². The molecule has 102 valence electrons. The highest BCUT2D eigenvalue weighted by Crippen LogP contribution is 2.38. The molecule has 0 aromatic heterocycles. The van der Waals surface area contributed by atoms with Crippen LogP contribution in [0.2, 0.25) is 0 Å². The summed E-state index contributed by atoms with van der Waals surface area (Å²) < 4.78 is 38.8. The molecule has 1 N–H and O–H groups in total. The molecule has 0 aliphatic rings. The van der Waals surface area contributed by atoms with E-state index in [1.165, 1.54) is 17.8 Å². The van der Waals surface area contributed by atoms with E-state index in [-0.39, 0.29) is 10.9 Å². The van der Waals surface area contributed by atoms with Crippen LogP contribution in [0.4, 0.5) is 18.9 Å². The van der Waals surface area contributed by atoms with Crippen LogP contribution >= 0.6 is 23.5 Å². The Hall–Kier alpha value is -1.33. The Morgan fingerprint density at radius 1 is 1.37 bits per heavy atom. The van der Waals surface area contributed by atoms with E-state index in [2.05, 4.69) is 10.3 Å². The third-order valence-electron chi connectivity index (χ3n) is 2.09. The van der Waals surface area contributed by atoms with Gasteiger partial charge < -0.3 is 0 Å². The molecule has 0 saturated heterocycles. The zero-order chi connectivity index (χ0) is 14.5. The number of hydrogen-bond acceptors (Lipinski definition) is 4. The topological polar surface area (TPSA) is 48.2 Å². The van der Waals surface area contributed by atoms with Crippen molar-refractivity contribution >= 4 is 34.4 Å². The first-order chi connectivity index (χ1) is 8.92. The lowest BCUT2D eigenvalue weighted by Crippen LogP contribution is -2.13. The van der Waals surface area contributed by atoms with Gasteiger partial charge in [-0.2, -0.15) is 18.4 Å². The fourth-order valence-corrected chi connectivity index (χ4v) is 2.03. The number of alkyl halides is 3. The number of amidine groups is 1. The van der Waals surface area contributed by atoms with E-state index in [9.17, 15) is 13.2 Å². The first-order valence-corrected chi connectivity index (χ1v) is 7.40. The Morgan fingerprint density at radius 3 is 2.53 bits per heavy atom. The molecule has 0 aliphatic heterocycles. The second-order valence-corrected chi connectivity index (χ2v) is 4.91. The monoisotopic (exact) mass is 305 g/mol. The van der Waals surface area contributed by atoms with Gasteiger partial charge >= 0.3 is 6.18 Å². The standard InChI is InChI=1S/C11H10F3N3S2/c1-18-7-3-4-9(8(5-7)11(12,13)14)17-10(19-2)16-6-15/h3-5H,1-2H3,(H,16,17). The van der Waals surface area contributed by atoms with Crippen molar-refractivity contribution in [3.63, 3.8) is 0 Å². The lowest BCUT2D eigenvalue weighted by atomic mass is 10.2. The van der Waals surface area contributed by atoms with E-state index >= 15 is 0 Å². The van der Waals surface area contributed by atoms with Crippen molar-refractivity contribution in [3.05, 3.63) is 23.8 Å². The van der Waals surface area contributed by atoms with Gasteiger partial charge in [0.2, 0.25) is 0 Å². The lowest BCUT2D eigenvalue weighted by Gasteiger charge is -2.11. The highest BCUT2D eigenvalue weighted by atomic mass is 32.2. The number of benzene rings is 1. The van der Waals surface area contributed by atoms with Gasteiger partial charge in [-0.15, -0.1) is 11.8 Å². The molecule has 1 aromatic rings. The van der Waals surface area contributed by atoms with Gasteiger partial charge in [-0.05, 0) is 30.7 Å². The second-order valence-electron chi connectivity index (χ2n) is 3.24. The van der Waals surface area contributed by atoms with Crippen molar-refractivity contribution in [2.24, 2.45) is 4.99 Å². The number of nitrogens with zero attached hydrogens (tertiary/aromatic N) is 2. The summed E-state index contributed by atoms with van der Waals surface area (Å²) in [4.78, 5) is 4.33. The molecule has 0 aliphatic carbocycles. The van der Waals surface area contributed by atoms with E-state index < -0.39 is 11.7 Å². The predicted molar refractivity (Wildman–Crippen MR) is 72.6 cm³/mol. The molecule has 0 atom stereocenters. The fraction of sp³-hybridized carbons (Fsp3) is 0.273. The van der Waals surface area contributed by atoms with Crippen LogP contribution in [0, 0.1) is 11.5 Å². The van der Waals surface area contributed by atoms with Crippen LogP contribution in [0.1, 0.15) is 5.56 Å². The van der Waals surface area contributed by atoms with E-state index in [1.54, 1.807) is 24.8 Å². The van der Waals surface area contributed by atoms with E-state index in [4.69, 9.17) is 5.26 Å². The van der Waals surface area contributed by atoms with Gasteiger partial charge in [0.1, 0.15) is 0 Å². The zero-order valence-electron chi connectivity index (χ0n) is 10.1. The minimum absolute atomic E-state index is 0.116. The Bertz CT molecular complexity index is 521. The first kappa shape index (κ1) is 15.7. The largest absolute Gasteiger partial charge is 0.418 e. The number of thioether (sulfide) groups is 2. The third-order valence-corrected chi connectivity index (χ3v) is 3.39. The summed E-state index contributed by atoms with van der Waals surface area (Å²) in [5.41, 5.74) is -1.02. The van der Waals surface area contributed by atoms with Crippen LogP contribution < -0.4 is 5.32 Å². The van der Waals surface area contributed by atoms with Crippen molar-refractivity contribution in [3.8, 4) is 6.19 Å². The van der Waals surface area contributed by atoms with Gasteiger partial charge in [-0.25, -0.2) is 4.99 Å². The van der Waals surface area contributed by atoms with Crippen molar-refractivity contribution in [1.29, 1.82) is 5.26 Å². The Balaban J connectivity index is 3.31. The summed E-state index contributed by atoms with van der Waals surface area (Å²) in [7, 11) is 0. The molecule has 0 radical (unpaired) electrons. The minimum Gasteiger partial charge on any atom is -0.271 e. The molecule has 0 amide bonds. The molecule has 0 spiro atoms. The van der Waals surface area contributed by atoms with Crippen LogP contribution in [0.5, 0.6) is 0 Å². The van der Waals surface area contributed by atoms with Crippen LogP contribution in [0.3, 0.4) is 0 Å². The Kier molecular flexibility index (Phi) is 5.57. The van der Waals surface area contributed by atoms with Crippen molar-refractivity contribution in [1.82, 2.24) is 5.32 Å². The molecular formula is C11H10F3N3S2. The number of halogens is 3. The Labute approximate surface area is 117 Å². The SMILES string of the molecule is CSC(=Nc1ccc(SC)cc1C(F)(F)F)NC#N. The smallest absolute Gasteiger partial charge is 0.271 e. The predicted octanol–water partition coefficient (Wildman–Crippen LogP) is 3.85. The van der Waals surface area contributed by atoms with Gasteiger partial charge in [0, 0.05) is 4.90 Å². The van der Waals surface area contributed by atoms with Crippen LogP contribution in [0.25, 0.3) is 0 Å². The van der Waals surface area contributed by atoms with Gasteiger partial charge in [0.05, 0.1) is 11.3 Å². The molecular weight excluding hydrogens is 295 g/mol. The highest BCUT2D eigenvalue weighted by molar-refractivity contribution is 8.13. The molecule has 0 heterocycles. The summed E-state index contributed by atoms with van der Waals surface area (Å²) in [6.45, 7) is 0. The molecule has 0 unspecified atom stereocenters. The first-order valence-electron chi connectivity index (χ1n) is 4.95. The molecule has 0 bridgehead atoms. The Morgan fingerprint density at radius 2 is 2.05 bits per heavy atom. The zero-order valence-corrected chi connectivity index (χ0v) is 11.7. The molecule has 0 saturated carbocycles. The summed E-state index contributed by atoms with van der Waals surface area (Å²) in [5, 5.41) is 10.8.